The number of hydrogen-bond acceptors (Lipinski definition) is 10. The Balaban J connectivity index is 1.58. The molecule has 1 aromatic carbocycles. The summed E-state index contributed by atoms with van der Waals surface area (Å²) in [5.41, 5.74) is 0.756. The number of rotatable bonds is 8. The van der Waals surface area contributed by atoms with Crippen molar-refractivity contribution >= 4 is 29.5 Å². The molecule has 1 aliphatic rings. The van der Waals surface area contributed by atoms with Crippen LogP contribution < -0.4 is 23.7 Å². The van der Waals surface area contributed by atoms with E-state index in [9.17, 15) is 14.4 Å². The van der Waals surface area contributed by atoms with Gasteiger partial charge in [0.05, 0.1) is 19.0 Å². The molecule has 0 fully saturated rings. The molecule has 1 aliphatic heterocycles. The van der Waals surface area contributed by atoms with E-state index < -0.39 is 17.9 Å². The van der Waals surface area contributed by atoms with Gasteiger partial charge in [-0.05, 0) is 42.7 Å². The molecule has 2 aromatic heterocycles. The number of benzene rings is 1. The molecule has 0 aliphatic carbocycles. The lowest BCUT2D eigenvalue weighted by Gasteiger charge is -2.18. The van der Waals surface area contributed by atoms with Gasteiger partial charge in [0.25, 0.3) is 5.88 Å². The molecule has 0 bridgehead atoms. The maximum atomic E-state index is 12.2. The van der Waals surface area contributed by atoms with Crippen LogP contribution in [0.2, 0.25) is 5.02 Å². The third-order valence-electron chi connectivity index (χ3n) is 4.66. The number of esters is 3. The summed E-state index contributed by atoms with van der Waals surface area (Å²) in [6.07, 6.45) is 7.06. The van der Waals surface area contributed by atoms with Crippen LogP contribution in [-0.2, 0) is 20.8 Å². The van der Waals surface area contributed by atoms with Crippen molar-refractivity contribution < 1.29 is 38.1 Å². The zero-order valence-electron chi connectivity index (χ0n) is 18.9. The van der Waals surface area contributed by atoms with Crippen LogP contribution >= 0.6 is 11.6 Å². The van der Waals surface area contributed by atoms with E-state index in [1.54, 1.807) is 36.5 Å². The van der Waals surface area contributed by atoms with Crippen LogP contribution in [0.15, 0.2) is 61.1 Å². The zero-order valence-corrected chi connectivity index (χ0v) is 19.7. The highest BCUT2D eigenvalue weighted by atomic mass is 35.5. The predicted molar refractivity (Wildman–Crippen MR) is 126 cm³/mol. The van der Waals surface area contributed by atoms with Crippen molar-refractivity contribution in [1.82, 2.24) is 9.97 Å². The van der Waals surface area contributed by atoms with Gasteiger partial charge < -0.3 is 23.7 Å². The third-order valence-corrected chi connectivity index (χ3v) is 4.90. The molecule has 0 spiro atoms. The van der Waals surface area contributed by atoms with E-state index in [2.05, 4.69) is 9.97 Å². The summed E-state index contributed by atoms with van der Waals surface area (Å²) in [4.78, 5) is 43.6. The highest BCUT2D eigenvalue weighted by Gasteiger charge is 2.26. The minimum absolute atomic E-state index is 0.0334. The van der Waals surface area contributed by atoms with Gasteiger partial charge in [-0.3, -0.25) is 9.78 Å². The molecule has 0 saturated carbocycles. The number of halogens is 1. The first-order valence-electron chi connectivity index (χ1n) is 10.7. The summed E-state index contributed by atoms with van der Waals surface area (Å²) in [5, 5.41) is 0.438. The molecular formula is C25H19ClN2O8. The van der Waals surface area contributed by atoms with Crippen molar-refractivity contribution in [3.63, 3.8) is 0 Å². The number of carbonyl (C=O) groups excluding carboxylic acids is 3. The van der Waals surface area contributed by atoms with Gasteiger partial charge in [0.15, 0.2) is 11.5 Å². The van der Waals surface area contributed by atoms with E-state index in [1.165, 1.54) is 19.3 Å². The normalized spacial score (nSPS) is 13.4. The number of carbonyl (C=O) groups is 3. The van der Waals surface area contributed by atoms with Crippen molar-refractivity contribution in [2.24, 2.45) is 0 Å². The Labute approximate surface area is 210 Å². The predicted octanol–water partition coefficient (Wildman–Crippen LogP) is 4.24. The first kappa shape index (κ1) is 24.7. The molecule has 10 nitrogen and oxygen atoms in total. The molecule has 4 rings (SSSR count). The van der Waals surface area contributed by atoms with Gasteiger partial charge in [0.2, 0.25) is 11.5 Å². The van der Waals surface area contributed by atoms with E-state index in [1.807, 2.05) is 0 Å². The van der Waals surface area contributed by atoms with E-state index in [4.69, 9.17) is 35.3 Å². The number of ether oxygens (including phenoxy) is 5. The summed E-state index contributed by atoms with van der Waals surface area (Å²) < 4.78 is 27.5. The van der Waals surface area contributed by atoms with Crippen LogP contribution in [0.5, 0.6) is 34.6 Å². The maximum Gasteiger partial charge on any atom is 0.336 e. The molecule has 0 N–H and O–H groups in total. The largest absolute Gasteiger partial charge is 0.485 e. The fraction of sp³-hybridized carbons (Fsp3) is 0.160. The van der Waals surface area contributed by atoms with E-state index in [-0.39, 0.29) is 29.7 Å². The number of nitrogens with zero attached hydrogens (tertiary/aromatic N) is 2. The number of pyridine rings is 2. The smallest absolute Gasteiger partial charge is 0.336 e. The van der Waals surface area contributed by atoms with Crippen LogP contribution in [0.25, 0.3) is 0 Å². The van der Waals surface area contributed by atoms with Gasteiger partial charge in [-0.25, -0.2) is 14.6 Å². The van der Waals surface area contributed by atoms with Crippen LogP contribution in [0.4, 0.5) is 0 Å². The van der Waals surface area contributed by atoms with Crippen LogP contribution in [-0.4, -0.2) is 34.5 Å². The number of fused-ring (bicyclic) bond motifs is 1. The molecule has 36 heavy (non-hydrogen) atoms. The van der Waals surface area contributed by atoms with Gasteiger partial charge in [0.1, 0.15) is 5.75 Å². The average Bonchev–Trinajstić information content (AvgIpc) is 2.83. The monoisotopic (exact) mass is 510 g/mol. The second kappa shape index (κ2) is 11.3. The molecule has 3 heterocycles. The van der Waals surface area contributed by atoms with Crippen molar-refractivity contribution in [3.8, 4) is 34.6 Å². The topological polar surface area (TPSA) is 123 Å². The molecule has 11 heteroatoms. The standard InChI is InChI=1S/C25H19ClN2O8/c1-15(29)33-19-13-27-10-9-16(19)4-3-11-32-24-23-20(35-21(30)7-8-22(31)36-23)14-28-25(24)34-18-6-2-5-17(26)12-18/h2,5-10,12-14H,3-4,11H2,1H3/b8-7+. The van der Waals surface area contributed by atoms with Crippen molar-refractivity contribution in [3.05, 3.63) is 71.7 Å². The minimum Gasteiger partial charge on any atom is -0.485 e. The van der Waals surface area contributed by atoms with Gasteiger partial charge in [-0.2, -0.15) is 0 Å². The molecule has 184 valence electrons. The Hall–Kier alpha value is -4.44. The minimum atomic E-state index is -0.805. The molecule has 0 amide bonds. The Morgan fingerprint density at radius 2 is 1.89 bits per heavy atom. The third kappa shape index (κ3) is 6.36. The zero-order chi connectivity index (χ0) is 25.5. The number of hydrogen-bond donors (Lipinski definition) is 0. The van der Waals surface area contributed by atoms with Gasteiger partial charge in [0, 0.05) is 30.3 Å². The van der Waals surface area contributed by atoms with Gasteiger partial charge >= 0.3 is 17.9 Å². The van der Waals surface area contributed by atoms with Crippen LogP contribution in [0.3, 0.4) is 0 Å². The lowest BCUT2D eigenvalue weighted by Crippen LogP contribution is -2.15. The molecule has 0 radical (unpaired) electrons. The highest BCUT2D eigenvalue weighted by molar-refractivity contribution is 6.30. The quantitative estimate of drug-likeness (QED) is 0.321. The molecule has 0 saturated heterocycles. The maximum absolute atomic E-state index is 12.2. The number of aromatic nitrogens is 2. The van der Waals surface area contributed by atoms with Gasteiger partial charge in [-0.1, -0.05) is 17.7 Å². The van der Waals surface area contributed by atoms with Crippen molar-refractivity contribution in [2.75, 3.05) is 6.61 Å². The molecule has 3 aromatic rings. The second-order valence-electron chi connectivity index (χ2n) is 7.35. The van der Waals surface area contributed by atoms with Crippen molar-refractivity contribution in [2.45, 2.75) is 19.8 Å². The van der Waals surface area contributed by atoms with Crippen LogP contribution in [0, 0.1) is 0 Å². The fourth-order valence-corrected chi connectivity index (χ4v) is 3.35. The van der Waals surface area contributed by atoms with E-state index >= 15 is 0 Å². The van der Waals surface area contributed by atoms with Gasteiger partial charge in [-0.15, -0.1) is 0 Å². The lowest BCUT2D eigenvalue weighted by molar-refractivity contribution is -0.133. The Morgan fingerprint density at radius 1 is 1.08 bits per heavy atom. The summed E-state index contributed by atoms with van der Waals surface area (Å²) in [7, 11) is 0. The summed E-state index contributed by atoms with van der Waals surface area (Å²) in [6, 6.07) is 8.32. The SMILES string of the molecule is CC(=O)Oc1cnccc1CCCOc1c(Oc2cccc(Cl)c2)ncc2c1OC(=O)/C=C/C(=O)O2. The summed E-state index contributed by atoms with van der Waals surface area (Å²) >= 11 is 6.04. The summed E-state index contributed by atoms with van der Waals surface area (Å²) in [5.74, 6) is -1.67. The Bertz CT molecular complexity index is 1340. The average molecular weight is 511 g/mol. The first-order chi connectivity index (χ1) is 17.4. The van der Waals surface area contributed by atoms with E-state index in [0.29, 0.717) is 29.4 Å². The van der Waals surface area contributed by atoms with E-state index in [0.717, 1.165) is 17.7 Å². The molecular weight excluding hydrogens is 492 g/mol. The Morgan fingerprint density at radius 3 is 2.67 bits per heavy atom. The van der Waals surface area contributed by atoms with Crippen molar-refractivity contribution in [1.29, 1.82) is 0 Å². The molecule has 0 atom stereocenters. The Kier molecular flexibility index (Phi) is 7.76. The number of aryl methyl sites for hydroxylation is 1. The fourth-order valence-electron chi connectivity index (χ4n) is 3.17. The summed E-state index contributed by atoms with van der Waals surface area (Å²) in [6.45, 7) is 1.42. The highest BCUT2D eigenvalue weighted by Crippen LogP contribution is 2.45. The second-order valence-corrected chi connectivity index (χ2v) is 7.79. The van der Waals surface area contributed by atoms with Crippen LogP contribution in [0.1, 0.15) is 18.9 Å². The lowest BCUT2D eigenvalue weighted by atomic mass is 10.1. The molecule has 0 unspecified atom stereocenters. The first-order valence-corrected chi connectivity index (χ1v) is 11.1.